The molecule has 4 N–H and O–H groups in total. The molecule has 1 amide bonds. The second kappa shape index (κ2) is 8.16. The van der Waals surface area contributed by atoms with Crippen LogP contribution in [0.5, 0.6) is 0 Å². The average Bonchev–Trinajstić information content (AvgIpc) is 3.27. The summed E-state index contributed by atoms with van der Waals surface area (Å²) >= 11 is 1.61. The number of fused-ring (bicyclic) bond motifs is 1. The normalized spacial score (nSPS) is 11.1. The Kier molecular flexibility index (Phi) is 5.41. The number of amides is 1. The van der Waals surface area contributed by atoms with E-state index < -0.39 is 0 Å². The predicted molar refractivity (Wildman–Crippen MR) is 125 cm³/mol. The van der Waals surface area contributed by atoms with Crippen LogP contribution in [0.3, 0.4) is 0 Å². The number of aromatic amines is 1. The van der Waals surface area contributed by atoms with Crippen LogP contribution in [0.15, 0.2) is 42.0 Å². The Balaban J connectivity index is 1.67. The molecule has 7 nitrogen and oxygen atoms in total. The molecule has 0 spiro atoms. The maximum Gasteiger partial charge on any atom is 0.221 e. The van der Waals surface area contributed by atoms with E-state index in [-0.39, 0.29) is 11.9 Å². The van der Waals surface area contributed by atoms with E-state index in [9.17, 15) is 4.79 Å². The summed E-state index contributed by atoms with van der Waals surface area (Å²) in [6, 6.07) is 10.3. The van der Waals surface area contributed by atoms with Gasteiger partial charge in [-0.05, 0) is 45.0 Å². The summed E-state index contributed by atoms with van der Waals surface area (Å²) in [5, 5.41) is 9.73. The highest BCUT2D eigenvalue weighted by molar-refractivity contribution is 7.16. The van der Waals surface area contributed by atoms with Crippen molar-refractivity contribution in [2.45, 2.75) is 33.7 Å². The number of thiazole rings is 1. The molecule has 1 aromatic carbocycles. The largest absolute Gasteiger partial charge is 0.382 e. The minimum absolute atomic E-state index is 0.0974. The molecule has 0 unspecified atom stereocenters. The monoisotopic (exact) mass is 420 g/mol. The molecule has 4 aromatic rings. The lowest BCUT2D eigenvalue weighted by Crippen LogP contribution is -2.11. The Labute approximate surface area is 179 Å². The van der Waals surface area contributed by atoms with Crippen LogP contribution in [-0.2, 0) is 4.79 Å². The molecule has 0 saturated heterocycles. The number of aromatic nitrogens is 3. The summed E-state index contributed by atoms with van der Waals surface area (Å²) in [6.07, 6.45) is 1.83. The molecular weight excluding hydrogens is 396 g/mol. The zero-order valence-corrected chi connectivity index (χ0v) is 18.1. The molecule has 154 valence electrons. The molecule has 3 heterocycles. The van der Waals surface area contributed by atoms with Gasteiger partial charge in [0.2, 0.25) is 5.91 Å². The zero-order valence-electron chi connectivity index (χ0n) is 17.3. The van der Waals surface area contributed by atoms with Crippen molar-refractivity contribution < 1.29 is 4.79 Å². The lowest BCUT2D eigenvalue weighted by Gasteiger charge is -2.16. The van der Waals surface area contributed by atoms with E-state index in [1.807, 2.05) is 42.9 Å². The second-order valence-electron chi connectivity index (χ2n) is 7.48. The lowest BCUT2D eigenvalue weighted by atomic mass is 10.1. The SMILES string of the molecule is CC(=O)Nc1cc(-c2cnc(Nc3ccc4ncsc4c3)cc2NC(C)C)[nH]c1C. The minimum atomic E-state index is -0.0974. The highest BCUT2D eigenvalue weighted by Crippen LogP contribution is 2.33. The maximum absolute atomic E-state index is 11.4. The molecule has 0 radical (unpaired) electrons. The Morgan fingerprint density at radius 2 is 1.97 bits per heavy atom. The average molecular weight is 421 g/mol. The summed E-state index contributed by atoms with van der Waals surface area (Å²) in [5.41, 5.74) is 8.26. The third-order valence-electron chi connectivity index (χ3n) is 4.57. The fraction of sp³-hybridized carbons (Fsp3) is 0.227. The van der Waals surface area contributed by atoms with Crippen LogP contribution in [0.4, 0.5) is 22.9 Å². The Morgan fingerprint density at radius 1 is 1.13 bits per heavy atom. The van der Waals surface area contributed by atoms with Gasteiger partial charge in [-0.2, -0.15) is 0 Å². The van der Waals surface area contributed by atoms with Crippen molar-refractivity contribution in [1.82, 2.24) is 15.0 Å². The van der Waals surface area contributed by atoms with Gasteiger partial charge in [-0.3, -0.25) is 4.79 Å². The number of carbonyl (C=O) groups excluding carboxylic acids is 1. The standard InChI is InChI=1S/C22H24N6OS/c1-12(2)25-20-9-22(28-15-5-6-17-21(7-15)30-11-24-17)23-10-16(20)19-8-18(13(3)26-19)27-14(4)29/h5-12,26H,1-4H3,(H,27,29)(H2,23,25,28). The molecule has 0 aliphatic heterocycles. The Hall–Kier alpha value is -3.39. The molecule has 0 atom stereocenters. The predicted octanol–water partition coefficient (Wildman–Crippen LogP) is 5.52. The first-order valence-electron chi connectivity index (χ1n) is 9.73. The third-order valence-corrected chi connectivity index (χ3v) is 5.36. The number of aryl methyl sites for hydroxylation is 1. The molecule has 4 rings (SSSR count). The van der Waals surface area contributed by atoms with Crippen LogP contribution in [0.1, 0.15) is 26.5 Å². The van der Waals surface area contributed by atoms with Crippen molar-refractivity contribution in [2.24, 2.45) is 0 Å². The van der Waals surface area contributed by atoms with E-state index in [4.69, 9.17) is 0 Å². The third kappa shape index (κ3) is 4.28. The molecule has 0 aliphatic carbocycles. The molecule has 0 aliphatic rings. The number of pyridine rings is 1. The molecule has 0 saturated carbocycles. The number of H-pyrrole nitrogens is 1. The van der Waals surface area contributed by atoms with Crippen molar-refractivity contribution in [3.63, 3.8) is 0 Å². The van der Waals surface area contributed by atoms with Gasteiger partial charge in [-0.1, -0.05) is 0 Å². The number of hydrogen-bond acceptors (Lipinski definition) is 6. The zero-order chi connectivity index (χ0) is 21.3. The summed E-state index contributed by atoms with van der Waals surface area (Å²) in [4.78, 5) is 23.7. The smallest absolute Gasteiger partial charge is 0.221 e. The number of nitrogens with zero attached hydrogens (tertiary/aromatic N) is 2. The fourth-order valence-corrected chi connectivity index (χ4v) is 3.99. The fourth-order valence-electron chi connectivity index (χ4n) is 3.27. The molecule has 8 heteroatoms. The van der Waals surface area contributed by atoms with Gasteiger partial charge in [0.1, 0.15) is 5.82 Å². The molecular formula is C22H24N6OS. The van der Waals surface area contributed by atoms with Gasteiger partial charge >= 0.3 is 0 Å². The van der Waals surface area contributed by atoms with Crippen LogP contribution in [0, 0.1) is 6.92 Å². The van der Waals surface area contributed by atoms with Gasteiger partial charge < -0.3 is 20.9 Å². The number of rotatable bonds is 6. The van der Waals surface area contributed by atoms with Crippen LogP contribution in [0.25, 0.3) is 21.5 Å². The van der Waals surface area contributed by atoms with E-state index in [1.165, 1.54) is 6.92 Å². The van der Waals surface area contributed by atoms with Gasteiger partial charge in [-0.25, -0.2) is 9.97 Å². The van der Waals surface area contributed by atoms with Crippen LogP contribution in [-0.4, -0.2) is 26.9 Å². The van der Waals surface area contributed by atoms with E-state index in [0.717, 1.165) is 50.0 Å². The van der Waals surface area contributed by atoms with Gasteiger partial charge in [0, 0.05) is 47.9 Å². The second-order valence-corrected chi connectivity index (χ2v) is 8.36. The first-order chi connectivity index (χ1) is 14.4. The highest BCUT2D eigenvalue weighted by atomic mass is 32.1. The van der Waals surface area contributed by atoms with Crippen molar-refractivity contribution in [2.75, 3.05) is 16.0 Å². The molecule has 3 aromatic heterocycles. The van der Waals surface area contributed by atoms with Gasteiger partial charge in [0.05, 0.1) is 27.1 Å². The number of anilines is 4. The van der Waals surface area contributed by atoms with E-state index >= 15 is 0 Å². The van der Waals surface area contributed by atoms with Crippen LogP contribution >= 0.6 is 11.3 Å². The first kappa shape index (κ1) is 19.9. The summed E-state index contributed by atoms with van der Waals surface area (Å²) in [7, 11) is 0. The van der Waals surface area contributed by atoms with E-state index in [1.54, 1.807) is 11.3 Å². The lowest BCUT2D eigenvalue weighted by molar-refractivity contribution is -0.114. The minimum Gasteiger partial charge on any atom is -0.382 e. The van der Waals surface area contributed by atoms with Crippen molar-refractivity contribution in [3.05, 3.63) is 47.7 Å². The number of nitrogens with one attached hydrogen (secondary N) is 4. The van der Waals surface area contributed by atoms with E-state index in [0.29, 0.717) is 0 Å². The van der Waals surface area contributed by atoms with E-state index in [2.05, 4.69) is 50.8 Å². The maximum atomic E-state index is 11.4. The summed E-state index contributed by atoms with van der Waals surface area (Å²) in [6.45, 7) is 7.63. The molecule has 0 fully saturated rings. The van der Waals surface area contributed by atoms with Gasteiger partial charge in [0.25, 0.3) is 0 Å². The van der Waals surface area contributed by atoms with Crippen molar-refractivity contribution in [3.8, 4) is 11.3 Å². The van der Waals surface area contributed by atoms with Crippen molar-refractivity contribution >= 4 is 50.3 Å². The Bertz CT molecular complexity index is 1210. The quantitative estimate of drug-likeness (QED) is 0.330. The molecule has 30 heavy (non-hydrogen) atoms. The topological polar surface area (TPSA) is 94.7 Å². The summed E-state index contributed by atoms with van der Waals surface area (Å²) in [5.74, 6) is 0.649. The number of carbonyl (C=O) groups is 1. The Morgan fingerprint density at radius 3 is 2.73 bits per heavy atom. The number of hydrogen-bond donors (Lipinski definition) is 4. The van der Waals surface area contributed by atoms with Gasteiger partial charge in [-0.15, -0.1) is 11.3 Å². The summed E-state index contributed by atoms with van der Waals surface area (Å²) < 4.78 is 1.13. The first-order valence-corrected chi connectivity index (χ1v) is 10.6. The van der Waals surface area contributed by atoms with Gasteiger partial charge in [0.15, 0.2) is 0 Å². The van der Waals surface area contributed by atoms with Crippen LogP contribution < -0.4 is 16.0 Å². The molecule has 0 bridgehead atoms. The van der Waals surface area contributed by atoms with Crippen LogP contribution in [0.2, 0.25) is 0 Å². The van der Waals surface area contributed by atoms with Crippen molar-refractivity contribution in [1.29, 1.82) is 0 Å². The highest BCUT2D eigenvalue weighted by Gasteiger charge is 2.14. The number of benzene rings is 1.